The number of H-pyrrole nitrogens is 1. The molecule has 1 N–H and O–H groups in total. The number of nitrogens with zero attached hydrogens (tertiary/aromatic N) is 2. The SMILES string of the molecule is CO[C@H]1C[C@@H](CN(C)C(=O)c2c[nH]c(=O)cc2C)N(C)C1. The van der Waals surface area contributed by atoms with Crippen molar-refractivity contribution in [2.45, 2.75) is 25.5 Å². The molecule has 1 aromatic heterocycles. The minimum atomic E-state index is -0.190. The highest BCUT2D eigenvalue weighted by Crippen LogP contribution is 2.19. The van der Waals surface area contributed by atoms with Crippen LogP contribution in [0.25, 0.3) is 0 Å². The first-order valence-electron chi connectivity index (χ1n) is 7.10. The van der Waals surface area contributed by atoms with E-state index in [1.165, 1.54) is 12.3 Å². The van der Waals surface area contributed by atoms with Crippen LogP contribution in [0.15, 0.2) is 17.1 Å². The van der Waals surface area contributed by atoms with E-state index < -0.39 is 0 Å². The van der Waals surface area contributed by atoms with Crippen molar-refractivity contribution < 1.29 is 9.53 Å². The number of rotatable bonds is 4. The molecule has 1 fully saturated rings. The number of likely N-dealkylation sites (tertiary alicyclic amines) is 1. The van der Waals surface area contributed by atoms with E-state index in [4.69, 9.17) is 4.74 Å². The summed E-state index contributed by atoms with van der Waals surface area (Å²) in [6.45, 7) is 3.31. The van der Waals surface area contributed by atoms with Crippen molar-refractivity contribution in [2.24, 2.45) is 0 Å². The van der Waals surface area contributed by atoms with Gasteiger partial charge in [0.15, 0.2) is 0 Å². The van der Waals surface area contributed by atoms with E-state index in [0.717, 1.165) is 13.0 Å². The lowest BCUT2D eigenvalue weighted by molar-refractivity contribution is 0.0759. The van der Waals surface area contributed by atoms with E-state index in [0.29, 0.717) is 23.7 Å². The number of aryl methyl sites for hydroxylation is 1. The van der Waals surface area contributed by atoms with Gasteiger partial charge in [0, 0.05) is 45.6 Å². The van der Waals surface area contributed by atoms with Crippen molar-refractivity contribution in [3.63, 3.8) is 0 Å². The third kappa shape index (κ3) is 3.51. The van der Waals surface area contributed by atoms with Gasteiger partial charge in [0.1, 0.15) is 0 Å². The molecule has 0 spiro atoms. The molecule has 21 heavy (non-hydrogen) atoms. The first kappa shape index (κ1) is 15.7. The van der Waals surface area contributed by atoms with E-state index in [1.54, 1.807) is 26.0 Å². The number of aromatic nitrogens is 1. The minimum Gasteiger partial charge on any atom is -0.380 e. The highest BCUT2D eigenvalue weighted by molar-refractivity contribution is 5.95. The lowest BCUT2D eigenvalue weighted by atomic mass is 10.1. The van der Waals surface area contributed by atoms with Crippen LogP contribution in [0.4, 0.5) is 0 Å². The summed E-state index contributed by atoms with van der Waals surface area (Å²) in [4.78, 5) is 30.2. The summed E-state index contributed by atoms with van der Waals surface area (Å²) in [5.41, 5.74) is 1.05. The molecule has 1 aliphatic heterocycles. The molecule has 1 aromatic rings. The van der Waals surface area contributed by atoms with E-state index in [-0.39, 0.29) is 17.6 Å². The second-order valence-corrected chi connectivity index (χ2v) is 5.77. The highest BCUT2D eigenvalue weighted by atomic mass is 16.5. The average Bonchev–Trinajstić information content (AvgIpc) is 2.78. The van der Waals surface area contributed by atoms with Crippen molar-refractivity contribution >= 4 is 5.91 Å². The molecule has 0 saturated carbocycles. The topological polar surface area (TPSA) is 65.6 Å². The Hall–Kier alpha value is -1.66. The van der Waals surface area contributed by atoms with Crippen LogP contribution in [-0.4, -0.2) is 67.1 Å². The Bertz CT molecular complexity index is 570. The maximum Gasteiger partial charge on any atom is 0.255 e. The summed E-state index contributed by atoms with van der Waals surface area (Å²) in [7, 11) is 5.56. The molecule has 0 unspecified atom stereocenters. The van der Waals surface area contributed by atoms with Crippen LogP contribution >= 0.6 is 0 Å². The smallest absolute Gasteiger partial charge is 0.255 e. The summed E-state index contributed by atoms with van der Waals surface area (Å²) >= 11 is 0. The highest BCUT2D eigenvalue weighted by Gasteiger charge is 2.31. The fourth-order valence-corrected chi connectivity index (χ4v) is 2.82. The Balaban J connectivity index is 2.04. The third-order valence-corrected chi connectivity index (χ3v) is 4.18. The van der Waals surface area contributed by atoms with Crippen LogP contribution in [0.3, 0.4) is 0 Å². The molecule has 1 saturated heterocycles. The number of amides is 1. The number of pyridine rings is 1. The number of nitrogens with one attached hydrogen (secondary N) is 1. The molecule has 1 amide bonds. The Morgan fingerprint density at radius 1 is 1.57 bits per heavy atom. The summed E-state index contributed by atoms with van der Waals surface area (Å²) in [5, 5.41) is 0. The standard InChI is InChI=1S/C15H23N3O3/c1-10-5-14(19)16-7-13(10)15(20)18(3)8-11-6-12(21-4)9-17(11)2/h5,7,11-12H,6,8-9H2,1-4H3,(H,16,19)/t11-,12-/m0/s1. The van der Waals surface area contributed by atoms with Crippen LogP contribution in [0.5, 0.6) is 0 Å². The van der Waals surface area contributed by atoms with E-state index in [1.807, 2.05) is 7.05 Å². The second-order valence-electron chi connectivity index (χ2n) is 5.77. The molecule has 0 aromatic carbocycles. The van der Waals surface area contributed by atoms with Crippen LogP contribution < -0.4 is 5.56 Å². The number of likely N-dealkylation sites (N-methyl/N-ethyl adjacent to an activating group) is 2. The van der Waals surface area contributed by atoms with Crippen LogP contribution in [0.2, 0.25) is 0 Å². The lowest BCUT2D eigenvalue weighted by Gasteiger charge is -2.26. The van der Waals surface area contributed by atoms with Crippen molar-refractivity contribution in [3.05, 3.63) is 33.7 Å². The Labute approximate surface area is 124 Å². The van der Waals surface area contributed by atoms with Gasteiger partial charge >= 0.3 is 0 Å². The van der Waals surface area contributed by atoms with Crippen molar-refractivity contribution in [1.29, 1.82) is 0 Å². The van der Waals surface area contributed by atoms with E-state index in [2.05, 4.69) is 9.88 Å². The predicted octanol–water partition coefficient (Wildman–Crippen LogP) is 0.474. The molecule has 116 valence electrons. The fraction of sp³-hybridized carbons (Fsp3) is 0.600. The molecule has 0 aliphatic carbocycles. The quantitative estimate of drug-likeness (QED) is 0.876. The van der Waals surface area contributed by atoms with Crippen molar-refractivity contribution in [2.75, 3.05) is 34.3 Å². The zero-order valence-electron chi connectivity index (χ0n) is 13.0. The maximum atomic E-state index is 12.5. The molecule has 6 nitrogen and oxygen atoms in total. The first-order chi connectivity index (χ1) is 9.92. The van der Waals surface area contributed by atoms with Crippen LogP contribution in [0.1, 0.15) is 22.3 Å². The molecule has 2 atom stereocenters. The maximum absolute atomic E-state index is 12.5. The number of carbonyl (C=O) groups excluding carboxylic acids is 1. The van der Waals surface area contributed by atoms with Gasteiger partial charge in [-0.25, -0.2) is 0 Å². The van der Waals surface area contributed by atoms with Gasteiger partial charge in [-0.15, -0.1) is 0 Å². The number of carbonyl (C=O) groups is 1. The summed E-state index contributed by atoms with van der Waals surface area (Å²) in [5.74, 6) is -0.0713. The minimum absolute atomic E-state index is 0.0713. The monoisotopic (exact) mass is 293 g/mol. The van der Waals surface area contributed by atoms with Gasteiger partial charge in [0.2, 0.25) is 5.56 Å². The molecule has 2 rings (SSSR count). The van der Waals surface area contributed by atoms with Crippen molar-refractivity contribution in [3.8, 4) is 0 Å². The predicted molar refractivity (Wildman–Crippen MR) is 80.6 cm³/mol. The van der Waals surface area contributed by atoms with Gasteiger partial charge in [-0.05, 0) is 26.0 Å². The molecular formula is C15H23N3O3. The Morgan fingerprint density at radius 2 is 2.29 bits per heavy atom. The second kappa shape index (κ2) is 6.41. The average molecular weight is 293 g/mol. The third-order valence-electron chi connectivity index (χ3n) is 4.18. The first-order valence-corrected chi connectivity index (χ1v) is 7.10. The summed E-state index contributed by atoms with van der Waals surface area (Å²) in [6, 6.07) is 1.75. The number of hydrogen-bond acceptors (Lipinski definition) is 4. The zero-order chi connectivity index (χ0) is 15.6. The molecule has 2 heterocycles. The lowest BCUT2D eigenvalue weighted by Crippen LogP contribution is -2.39. The number of hydrogen-bond donors (Lipinski definition) is 1. The molecule has 0 radical (unpaired) electrons. The van der Waals surface area contributed by atoms with Crippen LogP contribution in [-0.2, 0) is 4.74 Å². The Kier molecular flexibility index (Phi) is 4.80. The van der Waals surface area contributed by atoms with E-state index in [9.17, 15) is 9.59 Å². The van der Waals surface area contributed by atoms with Gasteiger partial charge in [-0.2, -0.15) is 0 Å². The fourth-order valence-electron chi connectivity index (χ4n) is 2.82. The molecule has 0 bridgehead atoms. The van der Waals surface area contributed by atoms with Gasteiger partial charge in [-0.3, -0.25) is 14.5 Å². The van der Waals surface area contributed by atoms with Crippen molar-refractivity contribution in [1.82, 2.24) is 14.8 Å². The molecule has 6 heteroatoms. The molecular weight excluding hydrogens is 270 g/mol. The number of ether oxygens (including phenoxy) is 1. The van der Waals surface area contributed by atoms with Gasteiger partial charge < -0.3 is 14.6 Å². The summed E-state index contributed by atoms with van der Waals surface area (Å²) in [6.07, 6.45) is 2.65. The van der Waals surface area contributed by atoms with Gasteiger partial charge in [-0.1, -0.05) is 0 Å². The molecule has 1 aliphatic rings. The number of aromatic amines is 1. The van der Waals surface area contributed by atoms with E-state index >= 15 is 0 Å². The summed E-state index contributed by atoms with van der Waals surface area (Å²) < 4.78 is 5.39. The normalized spacial score (nSPS) is 22.5. The van der Waals surface area contributed by atoms with Gasteiger partial charge in [0.25, 0.3) is 5.91 Å². The Morgan fingerprint density at radius 3 is 2.86 bits per heavy atom. The zero-order valence-corrected chi connectivity index (χ0v) is 13.0. The van der Waals surface area contributed by atoms with Gasteiger partial charge in [0.05, 0.1) is 11.7 Å². The number of methoxy groups -OCH3 is 1. The van der Waals surface area contributed by atoms with Crippen LogP contribution in [0, 0.1) is 6.92 Å². The largest absolute Gasteiger partial charge is 0.380 e.